The minimum atomic E-state index is 1.33. The highest BCUT2D eigenvalue weighted by molar-refractivity contribution is 5.88. The van der Waals surface area contributed by atoms with E-state index >= 15 is 0 Å². The minimum Gasteiger partial charge on any atom is -0.0683 e. The van der Waals surface area contributed by atoms with Crippen LogP contribution >= 0.6 is 0 Å². The molecule has 370 valence electrons. The molecule has 0 heteroatoms. The summed E-state index contributed by atoms with van der Waals surface area (Å²) in [4.78, 5) is 0. The molecule has 0 aliphatic carbocycles. The second-order valence-corrected chi connectivity index (χ2v) is 16.6. The molecule has 0 saturated heterocycles. The van der Waals surface area contributed by atoms with Gasteiger partial charge in [0, 0.05) is 0 Å². The molecule has 0 fully saturated rings. The molecule has 0 nitrogen and oxygen atoms in total. The average molecular weight is 931 g/mol. The predicted octanol–water partition coefficient (Wildman–Crippen LogP) is 22.4. The van der Waals surface area contributed by atoms with Crippen LogP contribution in [0.3, 0.4) is 0 Å². The number of hydrogen-bond donors (Lipinski definition) is 0. The Bertz CT molecular complexity index is 2890. The molecule has 0 heterocycles. The fourth-order valence-electron chi connectivity index (χ4n) is 7.69. The molecule has 0 bridgehead atoms. The second-order valence-electron chi connectivity index (χ2n) is 16.6. The molecule has 0 amide bonds. The number of hydrogen-bond acceptors (Lipinski definition) is 0. The summed E-state index contributed by atoms with van der Waals surface area (Å²) in [5, 5.41) is 13.4. The van der Waals surface area contributed by atoms with Gasteiger partial charge in [-0.15, -0.1) is 0 Å². The van der Waals surface area contributed by atoms with Gasteiger partial charge >= 0.3 is 0 Å². The molecule has 10 rings (SSSR count). The molecule has 0 unspecified atom stereocenters. The molecule has 70 heavy (non-hydrogen) atoms. The lowest BCUT2D eigenvalue weighted by Crippen LogP contribution is -1.80. The summed E-state index contributed by atoms with van der Waals surface area (Å²) in [6.07, 6.45) is 0. The maximum absolute atomic E-state index is 2.24. The summed E-state index contributed by atoms with van der Waals surface area (Å²) >= 11 is 0. The van der Waals surface area contributed by atoms with Crippen LogP contribution in [0.25, 0.3) is 53.9 Å². The Hall–Kier alpha value is -6.50. The molecule has 0 spiro atoms. The van der Waals surface area contributed by atoms with Crippen molar-refractivity contribution in [3.05, 3.63) is 238 Å². The van der Waals surface area contributed by atoms with Crippen molar-refractivity contribution in [1.82, 2.24) is 0 Å². The highest BCUT2D eigenvalue weighted by Gasteiger charge is 1.98. The third-order valence-corrected chi connectivity index (χ3v) is 11.1. The Balaban J connectivity index is 0.000000418. The molecule has 10 aromatic rings. The normalized spacial score (nSPS) is 9.43. The summed E-state index contributed by atoms with van der Waals surface area (Å²) in [7, 11) is 0. The van der Waals surface area contributed by atoms with Gasteiger partial charge in [0.05, 0.1) is 0 Å². The molecule has 10 aromatic carbocycles. The van der Waals surface area contributed by atoms with Crippen molar-refractivity contribution in [3.63, 3.8) is 0 Å². The fourth-order valence-corrected chi connectivity index (χ4v) is 7.69. The minimum absolute atomic E-state index is 1.33. The van der Waals surface area contributed by atoms with Gasteiger partial charge in [0.15, 0.2) is 0 Å². The van der Waals surface area contributed by atoms with Crippen molar-refractivity contribution in [2.24, 2.45) is 0 Å². The van der Waals surface area contributed by atoms with Gasteiger partial charge in [-0.3, -0.25) is 0 Å². The Morgan fingerprint density at radius 1 is 0.171 bits per heavy atom. The van der Waals surface area contributed by atoms with E-state index in [-0.39, 0.29) is 0 Å². The highest BCUT2D eigenvalue weighted by atomic mass is 14.0. The van der Waals surface area contributed by atoms with Crippen LogP contribution in [-0.4, -0.2) is 0 Å². The molecular formula is C70H90. The number of fused-ring (bicyclic) bond motifs is 5. The van der Waals surface area contributed by atoms with Crippen LogP contribution in [0.1, 0.15) is 125 Å². The monoisotopic (exact) mass is 931 g/mol. The molecule has 0 aliphatic rings. The maximum atomic E-state index is 2.24. The van der Waals surface area contributed by atoms with Gasteiger partial charge in [-0.05, 0) is 145 Å². The molecule has 0 N–H and O–H groups in total. The molecule has 0 atom stereocenters. The van der Waals surface area contributed by atoms with Gasteiger partial charge in [-0.25, -0.2) is 0 Å². The van der Waals surface area contributed by atoms with E-state index in [2.05, 4.69) is 251 Å². The van der Waals surface area contributed by atoms with E-state index in [1.807, 2.05) is 69.2 Å². The third-order valence-electron chi connectivity index (χ3n) is 11.1. The van der Waals surface area contributed by atoms with E-state index in [0.29, 0.717) is 0 Å². The van der Waals surface area contributed by atoms with Crippen LogP contribution in [0.5, 0.6) is 0 Å². The number of aryl methyl sites for hydroxylation is 10. The average Bonchev–Trinajstić information content (AvgIpc) is 3.38. The van der Waals surface area contributed by atoms with E-state index in [9.17, 15) is 0 Å². The largest absolute Gasteiger partial charge is 0.0683 e. The van der Waals surface area contributed by atoms with Gasteiger partial charge in [0.1, 0.15) is 0 Å². The Morgan fingerprint density at radius 3 is 0.914 bits per heavy atom. The van der Waals surface area contributed by atoms with E-state index in [4.69, 9.17) is 0 Å². The second kappa shape index (κ2) is 33.9. The van der Waals surface area contributed by atoms with Crippen molar-refractivity contribution in [2.45, 2.75) is 138 Å². The summed E-state index contributed by atoms with van der Waals surface area (Å²) in [5.41, 5.74) is 13.4. The van der Waals surface area contributed by atoms with Crippen LogP contribution in [0, 0.1) is 69.2 Å². The lowest BCUT2D eigenvalue weighted by atomic mass is 10.0. The van der Waals surface area contributed by atoms with E-state index in [1.54, 1.807) is 0 Å². The molecule has 0 aromatic heterocycles. The van der Waals surface area contributed by atoms with Gasteiger partial charge in [-0.2, -0.15) is 0 Å². The SMILES string of the molecule is CC.CC.CC.CC.CC.Cc1cc(C)c2ccccc2c1.Cc1cc2ccccc2cc1C.Cc1ccc2c(C)cccc2c1.Cc1ccc2cc(C)ccc2c1.Cc1ccc2ccc(C)cc2c1. The predicted molar refractivity (Wildman–Crippen MR) is 324 cm³/mol. The van der Waals surface area contributed by atoms with E-state index in [0.717, 1.165) is 0 Å². The quantitative estimate of drug-likeness (QED) is 0.142. The summed E-state index contributed by atoms with van der Waals surface area (Å²) in [5.74, 6) is 0. The van der Waals surface area contributed by atoms with Crippen molar-refractivity contribution >= 4 is 53.9 Å². The summed E-state index contributed by atoms with van der Waals surface area (Å²) in [6, 6.07) is 65.1. The topological polar surface area (TPSA) is 0 Å². The van der Waals surface area contributed by atoms with Crippen LogP contribution in [0.2, 0.25) is 0 Å². The van der Waals surface area contributed by atoms with Crippen LogP contribution in [0.15, 0.2) is 182 Å². The zero-order valence-electron chi connectivity index (χ0n) is 47.3. The van der Waals surface area contributed by atoms with Crippen LogP contribution in [-0.2, 0) is 0 Å². The van der Waals surface area contributed by atoms with Crippen molar-refractivity contribution < 1.29 is 0 Å². The first-order valence-corrected chi connectivity index (χ1v) is 26.1. The Kier molecular flexibility index (Phi) is 29.8. The smallest absolute Gasteiger partial charge is 0.0155 e. The molecule has 0 saturated carbocycles. The van der Waals surface area contributed by atoms with Crippen molar-refractivity contribution in [2.75, 3.05) is 0 Å². The van der Waals surface area contributed by atoms with Crippen molar-refractivity contribution in [3.8, 4) is 0 Å². The number of benzene rings is 10. The zero-order valence-corrected chi connectivity index (χ0v) is 47.3. The highest BCUT2D eigenvalue weighted by Crippen LogP contribution is 2.22. The van der Waals surface area contributed by atoms with Crippen LogP contribution in [0.4, 0.5) is 0 Å². The first-order chi connectivity index (χ1) is 33.8. The van der Waals surface area contributed by atoms with Gasteiger partial charge < -0.3 is 0 Å². The van der Waals surface area contributed by atoms with Crippen LogP contribution < -0.4 is 0 Å². The Morgan fingerprint density at radius 2 is 0.471 bits per heavy atom. The summed E-state index contributed by atoms with van der Waals surface area (Å²) in [6.45, 7) is 41.4. The zero-order chi connectivity index (χ0) is 52.8. The third kappa shape index (κ3) is 19.8. The molecular weight excluding hydrogens is 841 g/mol. The molecule has 0 radical (unpaired) electrons. The van der Waals surface area contributed by atoms with E-state index < -0.39 is 0 Å². The van der Waals surface area contributed by atoms with Gasteiger partial charge in [0.2, 0.25) is 0 Å². The first-order valence-electron chi connectivity index (χ1n) is 26.1. The first kappa shape index (κ1) is 61.5. The fraction of sp³-hybridized carbons (Fsp3) is 0.286. The Labute approximate surface area is 427 Å². The van der Waals surface area contributed by atoms with Gasteiger partial charge in [-0.1, -0.05) is 285 Å². The number of rotatable bonds is 0. The van der Waals surface area contributed by atoms with Crippen molar-refractivity contribution in [1.29, 1.82) is 0 Å². The maximum Gasteiger partial charge on any atom is -0.0155 e. The standard InChI is InChI=1S/5C12H12.5C2H6/c1-9-3-5-12-8-10(2)4-6-11(12)7-9;1-9-3-5-11-6-4-10(2)8-12(11)7-9;1-9-6-7-12-10(2)4-3-5-11(12)8-9;1-9-7-11-5-3-4-6-12(11)8-10(9)2;1-9-7-10(2)12-6-4-3-5-11(12)8-9;5*1-2/h5*3-8H,1-2H3;5*1-2H3. The molecule has 0 aliphatic heterocycles. The summed E-state index contributed by atoms with van der Waals surface area (Å²) < 4.78 is 0. The lowest BCUT2D eigenvalue weighted by Gasteiger charge is -2.02. The van der Waals surface area contributed by atoms with Gasteiger partial charge in [0.25, 0.3) is 0 Å². The van der Waals surface area contributed by atoms with E-state index in [1.165, 1.54) is 109 Å². The lowest BCUT2D eigenvalue weighted by molar-refractivity contribution is 1.37.